The molecule has 0 radical (unpaired) electrons. The highest BCUT2D eigenvalue weighted by atomic mass is 32.2. The van der Waals surface area contributed by atoms with Gasteiger partial charge in [0.15, 0.2) is 0 Å². The number of esters is 1. The molecule has 1 saturated heterocycles. The summed E-state index contributed by atoms with van der Waals surface area (Å²) in [6.45, 7) is 5.04. The van der Waals surface area contributed by atoms with Crippen molar-refractivity contribution in [3.8, 4) is 0 Å². The second kappa shape index (κ2) is 44.6. The minimum Gasteiger partial charge on any atom is -0.464 e. The number of nitrogens with zero attached hydrogens (tertiary/aromatic N) is 4. The maximum absolute atomic E-state index is 15.0. The Bertz CT molecular complexity index is 4020. The molecule has 0 unspecified atom stereocenters. The van der Waals surface area contributed by atoms with Crippen molar-refractivity contribution < 1.29 is 77.3 Å². The lowest BCUT2D eigenvalue weighted by atomic mass is 10.00. The Morgan fingerprint density at radius 2 is 1.28 bits per heavy atom. The number of benzene rings is 3. The zero-order valence-corrected chi connectivity index (χ0v) is 63.3. The van der Waals surface area contributed by atoms with Crippen LogP contribution < -0.4 is 81.4 Å². The van der Waals surface area contributed by atoms with Crippen LogP contribution >= 0.6 is 11.8 Å². The van der Waals surface area contributed by atoms with E-state index in [-0.39, 0.29) is 96.1 Å². The summed E-state index contributed by atoms with van der Waals surface area (Å²) in [5.74, 6) is -10.8. The van der Waals surface area contributed by atoms with Crippen LogP contribution in [0.1, 0.15) is 113 Å². The van der Waals surface area contributed by atoms with E-state index < -0.39 is 164 Å². The summed E-state index contributed by atoms with van der Waals surface area (Å²) < 4.78 is 6.36. The zero-order chi connectivity index (χ0) is 80.6. The molecule has 2 aromatic heterocycles. The van der Waals surface area contributed by atoms with Crippen molar-refractivity contribution in [3.05, 3.63) is 120 Å². The first-order chi connectivity index (χ1) is 52.6. The maximum Gasteiger partial charge on any atom is 0.345 e. The highest BCUT2D eigenvalue weighted by molar-refractivity contribution is 7.99. The molecular formula is C74H103N19O16S. The lowest BCUT2D eigenvalue weighted by Gasteiger charge is -2.28. The molecule has 5 aromatic rings. The van der Waals surface area contributed by atoms with Gasteiger partial charge in [0.2, 0.25) is 59.1 Å². The molecule has 3 heterocycles. The number of carbonyl (C=O) groups excluding carboxylic acids is 13. The monoisotopic (exact) mass is 1550 g/mol. The van der Waals surface area contributed by atoms with Crippen LogP contribution in [0.3, 0.4) is 0 Å². The van der Waals surface area contributed by atoms with Crippen molar-refractivity contribution in [1.82, 2.24) is 78.1 Å². The second-order valence-corrected chi connectivity index (χ2v) is 27.7. The van der Waals surface area contributed by atoms with Crippen LogP contribution in [0.2, 0.25) is 0 Å². The van der Waals surface area contributed by atoms with Gasteiger partial charge >= 0.3 is 12.0 Å². The second-order valence-electron chi connectivity index (χ2n) is 26.6. The Morgan fingerprint density at radius 3 is 1.88 bits per heavy atom. The first-order valence-electron chi connectivity index (χ1n) is 36.3. The summed E-state index contributed by atoms with van der Waals surface area (Å²) in [4.78, 5) is 190. The number of aliphatic hydroxyl groups excluding tert-OH is 2. The van der Waals surface area contributed by atoms with E-state index in [1.54, 1.807) is 123 Å². The molecule has 1 aliphatic heterocycles. The van der Waals surface area contributed by atoms with E-state index in [1.165, 1.54) is 44.5 Å². The Labute approximate surface area is 641 Å². The van der Waals surface area contributed by atoms with Gasteiger partial charge in [0, 0.05) is 61.3 Å². The van der Waals surface area contributed by atoms with Crippen LogP contribution in [-0.2, 0) is 63.9 Å². The zero-order valence-electron chi connectivity index (χ0n) is 62.5. The van der Waals surface area contributed by atoms with Crippen LogP contribution in [-0.4, -0.2) is 233 Å². The molecule has 11 atom stereocenters. The number of ether oxygens (including phenoxy) is 1. The van der Waals surface area contributed by atoms with Crippen molar-refractivity contribution in [1.29, 1.82) is 0 Å². The van der Waals surface area contributed by atoms with Gasteiger partial charge in [-0.1, -0.05) is 74.1 Å². The van der Waals surface area contributed by atoms with Gasteiger partial charge in [-0.25, -0.2) is 4.79 Å². The summed E-state index contributed by atoms with van der Waals surface area (Å²) in [5.41, 5.74) is 26.0. The highest BCUT2D eigenvalue weighted by Crippen LogP contribution is 2.34. The third-order valence-corrected chi connectivity index (χ3v) is 18.5. The summed E-state index contributed by atoms with van der Waals surface area (Å²) in [7, 11) is 1.51. The van der Waals surface area contributed by atoms with Gasteiger partial charge in [-0.05, 0) is 151 Å². The Kier molecular flexibility index (Phi) is 35.8. The molecule has 6 rings (SSSR count). The lowest BCUT2D eigenvalue weighted by Crippen LogP contribution is -2.61. The molecule has 21 N–H and O–H groups in total. The molecule has 0 saturated carbocycles. The van der Waals surface area contributed by atoms with Crippen molar-refractivity contribution >= 4 is 112 Å². The van der Waals surface area contributed by atoms with E-state index >= 15 is 0 Å². The van der Waals surface area contributed by atoms with E-state index in [2.05, 4.69) is 63.5 Å². The number of hydrogen-bond acceptors (Lipinski definition) is 23. The van der Waals surface area contributed by atoms with E-state index in [4.69, 9.17) is 32.8 Å². The first-order valence-corrected chi connectivity index (χ1v) is 37.2. The summed E-state index contributed by atoms with van der Waals surface area (Å²) in [5, 5.41) is 55.6. The van der Waals surface area contributed by atoms with Crippen molar-refractivity contribution in [2.24, 2.45) is 28.9 Å². The third-order valence-electron chi connectivity index (χ3n) is 17.5. The number of pyridine rings is 1. The fraction of sp³-hybridized carbons (Fsp3) is 0.473. The number of aromatic nitrogens is 3. The summed E-state index contributed by atoms with van der Waals surface area (Å²) in [6.07, 6.45) is -0.244. The molecular weight excluding hydrogens is 1440 g/mol. The molecule has 1 aliphatic rings. The fourth-order valence-corrected chi connectivity index (χ4v) is 12.6. The van der Waals surface area contributed by atoms with Gasteiger partial charge in [0.25, 0.3) is 5.91 Å². The average Bonchev–Trinajstić information content (AvgIpc) is 1.62. The van der Waals surface area contributed by atoms with Crippen LogP contribution in [0.4, 0.5) is 4.79 Å². The van der Waals surface area contributed by atoms with E-state index in [9.17, 15) is 72.5 Å². The van der Waals surface area contributed by atoms with Gasteiger partial charge in [-0.2, -0.15) is 9.78 Å². The SMILES string of the molecule is CNC(=O)c1ccccc1Sc1ccc2c(/C=C/c3ccccn3)nn(C(=O)N(CCOC(C)=O)CCC(=O)N[C@H](C(=O)N[C@H](CCCN)C(=O)N[C@H]3CCNC(=O)[C@@H]([C@@H](C)O)NC(=O)[C@@H](CCN)NC(=O)[C@@H](CCN)NC(=O)[C@@H](CC(C)C)NC(=O)[C@@H](Cc4ccccc4)NC(=O)[C@@H](CCN)NC3=O)[C@@H](C)O)c2c1. The van der Waals surface area contributed by atoms with Gasteiger partial charge < -0.3 is 101 Å². The molecule has 3 aromatic carbocycles. The first kappa shape index (κ1) is 88.1. The maximum atomic E-state index is 15.0. The molecule has 12 amide bonds. The molecule has 596 valence electrons. The van der Waals surface area contributed by atoms with Crippen molar-refractivity contribution in [3.63, 3.8) is 0 Å². The number of carbonyl (C=O) groups is 13. The van der Waals surface area contributed by atoms with Crippen LogP contribution in [0.25, 0.3) is 23.1 Å². The van der Waals surface area contributed by atoms with E-state index in [0.717, 1.165) is 4.68 Å². The van der Waals surface area contributed by atoms with Crippen molar-refractivity contribution in [2.45, 2.75) is 169 Å². The number of rotatable bonds is 31. The Morgan fingerprint density at radius 1 is 0.682 bits per heavy atom. The van der Waals surface area contributed by atoms with Gasteiger partial charge in [-0.15, -0.1) is 0 Å². The normalized spacial score (nSPS) is 19.7. The van der Waals surface area contributed by atoms with Crippen molar-refractivity contribution in [2.75, 3.05) is 59.5 Å². The molecule has 0 bridgehead atoms. The van der Waals surface area contributed by atoms with Gasteiger partial charge in [0.05, 0.1) is 41.2 Å². The number of aliphatic hydroxyl groups is 2. The van der Waals surface area contributed by atoms with E-state index in [0.29, 0.717) is 43.2 Å². The summed E-state index contributed by atoms with van der Waals surface area (Å²) >= 11 is 1.26. The molecule has 0 aliphatic carbocycles. The average molecular weight is 1550 g/mol. The standard InChI is InChI=1S/C74H103N19O16S/c1-42(2)39-57-70(104)84-53(25-31-76)66(100)83-55(27-33-78)69(103)90-62(43(3)94)72(106)81-35-28-56(68(102)82-54(26-32-77)67(101)88-58(71(105)87-57)40-46-15-8-7-9-16-46)85-65(99)52(19-14-30-75)86-73(107)63(44(4)95)89-61(97)29-36-92(37-38-109-45(5)96)74(108)93-59-41-48(110-60-20-11-10-18-50(60)64(98)79-6)22-23-49(59)51(91-93)24-21-47-17-12-13-34-80-47/h7-13,15-18,20-24,34,41-44,52-58,62-63,94-95H,14,19,25-33,35-40,75-78H2,1-6H3,(H,79,98)(H,81,106)(H,82,102)(H,83,100)(H,84,104)(H,85,99)(H,86,107)(H,87,105)(H,88,101)(H,89,97)(H,90,103)/b24-21+/t43-,44-,52-,53-,54-,55-,56+,57-,58-,62-,63+/m1/s1. The van der Waals surface area contributed by atoms with E-state index in [1.807, 2.05) is 0 Å². The smallest absolute Gasteiger partial charge is 0.345 e. The predicted molar refractivity (Wildman–Crippen MR) is 408 cm³/mol. The number of nitrogens with one attached hydrogen (secondary N) is 11. The quantitative estimate of drug-likeness (QED) is 0.0215. The number of hydrogen-bond donors (Lipinski definition) is 17. The highest BCUT2D eigenvalue weighted by Gasteiger charge is 2.38. The molecule has 110 heavy (non-hydrogen) atoms. The number of fused-ring (bicyclic) bond motifs is 1. The number of nitrogens with two attached hydrogens (primary N) is 4. The largest absolute Gasteiger partial charge is 0.464 e. The number of amides is 12. The fourth-order valence-electron chi connectivity index (χ4n) is 11.7. The molecule has 0 spiro atoms. The molecule has 1 fully saturated rings. The Hall–Kier alpha value is -10.8. The Balaban J connectivity index is 1.29. The van der Waals surface area contributed by atoms with Gasteiger partial charge in [0.1, 0.15) is 61.0 Å². The summed E-state index contributed by atoms with van der Waals surface area (Å²) in [6, 6.07) is 11.2. The van der Waals surface area contributed by atoms with Gasteiger partial charge in [-0.3, -0.25) is 62.5 Å². The molecule has 36 heteroatoms. The third kappa shape index (κ3) is 27.1. The van der Waals surface area contributed by atoms with Crippen LogP contribution in [0.5, 0.6) is 0 Å². The predicted octanol–water partition coefficient (Wildman–Crippen LogP) is -1.95. The lowest BCUT2D eigenvalue weighted by molar-refractivity contribution is -0.141. The van der Waals surface area contributed by atoms with Crippen LogP contribution in [0.15, 0.2) is 107 Å². The topological polar surface area (TPSA) is 542 Å². The minimum atomic E-state index is -1.80. The minimum absolute atomic E-state index is 0.0204. The molecule has 35 nitrogen and oxygen atoms in total. The van der Waals surface area contributed by atoms with Crippen LogP contribution in [0, 0.1) is 5.92 Å².